The molecule has 0 spiro atoms. The van der Waals surface area contributed by atoms with E-state index in [1.807, 2.05) is 18.2 Å². The second kappa shape index (κ2) is 12.5. The van der Waals surface area contributed by atoms with Crippen LogP contribution in [-0.2, 0) is 30.4 Å². The Morgan fingerprint density at radius 1 is 0.971 bits per heavy atom. The van der Waals surface area contributed by atoms with Gasteiger partial charge in [-0.2, -0.15) is 0 Å². The highest BCUT2D eigenvalue weighted by Crippen LogP contribution is 2.19. The van der Waals surface area contributed by atoms with Crippen molar-refractivity contribution >= 4 is 40.6 Å². The number of aliphatic carboxylic acids is 2. The Bertz CT molecular complexity index is 1080. The number of hydrogen-bond donors (Lipinski definition) is 8. The van der Waals surface area contributed by atoms with Gasteiger partial charge in [-0.3, -0.25) is 19.2 Å². The van der Waals surface area contributed by atoms with Crippen LogP contribution >= 0.6 is 0 Å². The zero-order valence-electron chi connectivity index (χ0n) is 19.0. The van der Waals surface area contributed by atoms with E-state index in [2.05, 4.69) is 20.9 Å². The van der Waals surface area contributed by atoms with Crippen LogP contribution in [0.15, 0.2) is 30.5 Å². The van der Waals surface area contributed by atoms with Crippen LogP contribution in [0.25, 0.3) is 10.9 Å². The summed E-state index contributed by atoms with van der Waals surface area (Å²) < 4.78 is 0. The number of carboxylic acid groups (broad SMARTS) is 2. The number of nitrogens with two attached hydrogens (primary N) is 1. The largest absolute Gasteiger partial charge is 0.481 e. The van der Waals surface area contributed by atoms with Crippen molar-refractivity contribution in [2.24, 2.45) is 5.73 Å². The number of benzene rings is 1. The minimum absolute atomic E-state index is 0.0241. The Morgan fingerprint density at radius 2 is 1.63 bits per heavy atom. The lowest BCUT2D eigenvalue weighted by atomic mass is 10.0. The predicted octanol–water partition coefficient (Wildman–Crippen LogP) is -1.55. The fraction of sp³-hybridized carbons (Fsp3) is 0.409. The van der Waals surface area contributed by atoms with Crippen molar-refractivity contribution in [1.82, 2.24) is 20.9 Å². The highest BCUT2D eigenvalue weighted by atomic mass is 16.4. The van der Waals surface area contributed by atoms with Gasteiger partial charge in [-0.05, 0) is 25.0 Å². The molecule has 4 atom stereocenters. The third kappa shape index (κ3) is 7.79. The van der Waals surface area contributed by atoms with Gasteiger partial charge >= 0.3 is 11.9 Å². The summed E-state index contributed by atoms with van der Waals surface area (Å²) in [4.78, 5) is 63.0. The number of rotatable bonds is 13. The number of H-pyrrole nitrogens is 1. The molecular formula is C22H29N5O8. The molecule has 0 saturated heterocycles. The number of para-hydroxylation sites is 1. The molecule has 2 aromatic rings. The molecule has 1 heterocycles. The van der Waals surface area contributed by atoms with Crippen LogP contribution in [-0.4, -0.2) is 80.7 Å². The Morgan fingerprint density at radius 3 is 2.26 bits per heavy atom. The molecule has 2 rings (SSSR count). The van der Waals surface area contributed by atoms with E-state index in [0.717, 1.165) is 10.9 Å². The average molecular weight is 492 g/mol. The van der Waals surface area contributed by atoms with Gasteiger partial charge in [0, 0.05) is 29.9 Å². The highest BCUT2D eigenvalue weighted by Gasteiger charge is 2.29. The minimum atomic E-state index is -1.49. The predicted molar refractivity (Wildman–Crippen MR) is 123 cm³/mol. The molecule has 4 unspecified atom stereocenters. The molecule has 13 nitrogen and oxygen atoms in total. The standard InChI is InChI=1S/C22H29N5O8/c1-11(25-20(32)14(23)10-28)19(31)27-17(8-12-9-24-15-5-3-2-4-13(12)15)21(33)26-16(22(34)35)6-7-18(29)30/h2-5,9,11,14,16-17,24,28H,6-8,10,23H2,1H3,(H,25,32)(H,26,33)(H,27,31)(H,29,30)(H,34,35). The second-order valence-corrected chi connectivity index (χ2v) is 7.98. The molecule has 3 amide bonds. The van der Waals surface area contributed by atoms with Gasteiger partial charge in [-0.1, -0.05) is 18.2 Å². The average Bonchev–Trinajstić information content (AvgIpc) is 3.22. The molecular weight excluding hydrogens is 462 g/mol. The maximum absolute atomic E-state index is 13.0. The van der Waals surface area contributed by atoms with Crippen LogP contribution in [0.1, 0.15) is 25.3 Å². The summed E-state index contributed by atoms with van der Waals surface area (Å²) in [5, 5.41) is 35.1. The quantitative estimate of drug-likeness (QED) is 0.162. The molecule has 35 heavy (non-hydrogen) atoms. The summed E-state index contributed by atoms with van der Waals surface area (Å²) in [5.74, 6) is -5.00. The van der Waals surface area contributed by atoms with E-state index in [-0.39, 0.29) is 12.8 Å². The molecule has 0 aliphatic carbocycles. The van der Waals surface area contributed by atoms with Gasteiger partial charge in [-0.15, -0.1) is 0 Å². The molecule has 190 valence electrons. The Balaban J connectivity index is 2.23. The summed E-state index contributed by atoms with van der Waals surface area (Å²) in [6.07, 6.45) is 0.798. The number of aromatic nitrogens is 1. The fourth-order valence-corrected chi connectivity index (χ4v) is 3.29. The molecule has 9 N–H and O–H groups in total. The summed E-state index contributed by atoms with van der Waals surface area (Å²) in [6, 6.07) is 2.14. The van der Waals surface area contributed by atoms with Crippen molar-refractivity contribution in [2.45, 2.75) is 50.4 Å². The molecule has 1 aromatic carbocycles. The van der Waals surface area contributed by atoms with Gasteiger partial charge in [0.15, 0.2) is 0 Å². The summed E-state index contributed by atoms with van der Waals surface area (Å²) in [5.41, 5.74) is 6.88. The number of amides is 3. The Hall–Kier alpha value is -3.97. The molecule has 0 saturated carbocycles. The molecule has 13 heteroatoms. The normalized spacial score (nSPS) is 14.4. The van der Waals surface area contributed by atoms with Gasteiger partial charge in [0.1, 0.15) is 24.2 Å². The lowest BCUT2D eigenvalue weighted by Crippen LogP contribution is -2.57. The fourth-order valence-electron chi connectivity index (χ4n) is 3.29. The van der Waals surface area contributed by atoms with Crippen molar-refractivity contribution in [2.75, 3.05) is 6.61 Å². The van der Waals surface area contributed by atoms with Crippen LogP contribution < -0.4 is 21.7 Å². The Labute approximate surface area is 200 Å². The zero-order chi connectivity index (χ0) is 26.1. The summed E-state index contributed by atoms with van der Waals surface area (Å²) in [7, 11) is 0. The lowest BCUT2D eigenvalue weighted by Gasteiger charge is -2.23. The molecule has 0 aliphatic heterocycles. The molecule has 1 aromatic heterocycles. The maximum Gasteiger partial charge on any atom is 0.326 e. The number of nitrogens with one attached hydrogen (secondary N) is 4. The molecule has 0 radical (unpaired) electrons. The molecule has 0 fully saturated rings. The van der Waals surface area contributed by atoms with Gasteiger partial charge < -0.3 is 42.0 Å². The summed E-state index contributed by atoms with van der Waals surface area (Å²) >= 11 is 0. The molecule has 0 aliphatic rings. The van der Waals surface area contributed by atoms with Gasteiger partial charge in [0.2, 0.25) is 17.7 Å². The van der Waals surface area contributed by atoms with Crippen molar-refractivity contribution in [1.29, 1.82) is 0 Å². The van der Waals surface area contributed by atoms with E-state index >= 15 is 0 Å². The first-order valence-corrected chi connectivity index (χ1v) is 10.8. The first-order valence-electron chi connectivity index (χ1n) is 10.8. The van der Waals surface area contributed by atoms with E-state index in [4.69, 9.17) is 15.9 Å². The third-order valence-electron chi connectivity index (χ3n) is 5.28. The van der Waals surface area contributed by atoms with Crippen molar-refractivity contribution < 1.29 is 39.3 Å². The Kier molecular flexibility index (Phi) is 9.73. The van der Waals surface area contributed by atoms with E-state index in [1.54, 1.807) is 12.3 Å². The van der Waals surface area contributed by atoms with Crippen molar-refractivity contribution in [3.8, 4) is 0 Å². The first-order chi connectivity index (χ1) is 16.5. The summed E-state index contributed by atoms with van der Waals surface area (Å²) in [6.45, 7) is 0.726. The van der Waals surface area contributed by atoms with Gasteiger partial charge in [-0.25, -0.2) is 4.79 Å². The van der Waals surface area contributed by atoms with Crippen LogP contribution in [0, 0.1) is 0 Å². The van der Waals surface area contributed by atoms with Gasteiger partial charge in [0.05, 0.1) is 6.61 Å². The minimum Gasteiger partial charge on any atom is -0.481 e. The van der Waals surface area contributed by atoms with Crippen LogP contribution in [0.2, 0.25) is 0 Å². The highest BCUT2D eigenvalue weighted by molar-refractivity contribution is 5.94. The number of hydrogen-bond acceptors (Lipinski definition) is 7. The van der Waals surface area contributed by atoms with Gasteiger partial charge in [0.25, 0.3) is 0 Å². The number of carbonyl (C=O) groups is 5. The van der Waals surface area contributed by atoms with Crippen LogP contribution in [0.4, 0.5) is 0 Å². The van der Waals surface area contributed by atoms with Crippen molar-refractivity contribution in [3.05, 3.63) is 36.0 Å². The van der Waals surface area contributed by atoms with E-state index in [9.17, 15) is 29.1 Å². The van der Waals surface area contributed by atoms with Crippen LogP contribution in [0.5, 0.6) is 0 Å². The third-order valence-corrected chi connectivity index (χ3v) is 5.28. The number of aromatic amines is 1. The van der Waals surface area contributed by atoms with Crippen molar-refractivity contribution in [3.63, 3.8) is 0 Å². The number of aliphatic hydroxyl groups excluding tert-OH is 1. The maximum atomic E-state index is 13.0. The van der Waals surface area contributed by atoms with E-state index in [1.165, 1.54) is 6.92 Å². The SMILES string of the molecule is CC(NC(=O)C(N)CO)C(=O)NC(Cc1c[nH]c2ccccc12)C(=O)NC(CCC(=O)O)C(=O)O. The topological polar surface area (TPSA) is 224 Å². The monoisotopic (exact) mass is 491 g/mol. The first kappa shape index (κ1) is 27.3. The smallest absolute Gasteiger partial charge is 0.326 e. The lowest BCUT2D eigenvalue weighted by molar-refractivity contribution is -0.143. The van der Waals surface area contributed by atoms with E-state index < -0.39 is 66.9 Å². The zero-order valence-corrected chi connectivity index (χ0v) is 19.0. The van der Waals surface area contributed by atoms with Crippen LogP contribution in [0.3, 0.4) is 0 Å². The molecule has 0 bridgehead atoms. The second-order valence-electron chi connectivity index (χ2n) is 7.98. The number of aliphatic hydroxyl groups is 1. The number of carbonyl (C=O) groups excluding carboxylic acids is 3. The van der Waals surface area contributed by atoms with E-state index in [0.29, 0.717) is 5.56 Å². The number of carboxylic acids is 2. The number of fused-ring (bicyclic) bond motifs is 1.